The number of hydrogen-bond donors (Lipinski definition) is 0. The molecule has 0 heterocycles. The minimum absolute atomic E-state index is 0.168. The molecule has 0 unspecified atom stereocenters. The number of carbonyl (C=O) groups excluding carboxylic acids is 1. The first kappa shape index (κ1) is 18.2. The molecular weight excluding hydrogens is 236 g/mol. The van der Waals surface area contributed by atoms with E-state index in [2.05, 4.69) is 6.92 Å². The smallest absolute Gasteiger partial charge is 0.333 e. The Morgan fingerprint density at radius 3 is 1.95 bits per heavy atom. The summed E-state index contributed by atoms with van der Waals surface area (Å²) in [5, 5.41) is 0. The highest BCUT2D eigenvalue weighted by atomic mass is 16.5. The Labute approximate surface area is 119 Å². The summed E-state index contributed by atoms with van der Waals surface area (Å²) in [6, 6.07) is 0. The molecule has 0 saturated heterocycles. The van der Waals surface area contributed by atoms with Gasteiger partial charge >= 0.3 is 5.97 Å². The molecule has 0 aromatic carbocycles. The fourth-order valence-corrected chi connectivity index (χ4v) is 2.10. The van der Waals surface area contributed by atoms with Crippen LogP contribution >= 0.6 is 0 Å². The van der Waals surface area contributed by atoms with Gasteiger partial charge in [0, 0.05) is 5.57 Å². The average molecular weight is 268 g/mol. The van der Waals surface area contributed by atoms with Crippen molar-refractivity contribution in [1.29, 1.82) is 0 Å². The van der Waals surface area contributed by atoms with Crippen molar-refractivity contribution in [3.05, 3.63) is 11.6 Å². The van der Waals surface area contributed by atoms with Gasteiger partial charge in [0.25, 0.3) is 0 Å². The lowest BCUT2D eigenvalue weighted by molar-refractivity contribution is -0.138. The van der Waals surface area contributed by atoms with Crippen molar-refractivity contribution in [1.82, 2.24) is 0 Å². The quantitative estimate of drug-likeness (QED) is 0.268. The molecule has 0 spiro atoms. The van der Waals surface area contributed by atoms with E-state index in [1.807, 2.05) is 19.9 Å². The number of rotatable bonds is 12. The second-order valence-corrected chi connectivity index (χ2v) is 5.22. The number of allylic oxidation sites excluding steroid dienone is 1. The molecule has 0 saturated carbocycles. The zero-order valence-electron chi connectivity index (χ0n) is 13.2. The van der Waals surface area contributed by atoms with E-state index >= 15 is 0 Å². The summed E-state index contributed by atoms with van der Waals surface area (Å²) >= 11 is 0. The number of ether oxygens (including phenoxy) is 1. The monoisotopic (exact) mass is 268 g/mol. The fourth-order valence-electron chi connectivity index (χ4n) is 2.10. The summed E-state index contributed by atoms with van der Waals surface area (Å²) < 4.78 is 4.94. The molecule has 0 bridgehead atoms. The van der Waals surface area contributed by atoms with Crippen LogP contribution in [0.1, 0.15) is 85.0 Å². The Morgan fingerprint density at radius 2 is 1.42 bits per heavy atom. The third-order valence-corrected chi connectivity index (χ3v) is 3.36. The molecule has 0 amide bonds. The number of hydrogen-bond acceptors (Lipinski definition) is 2. The van der Waals surface area contributed by atoms with E-state index in [1.54, 1.807) is 0 Å². The minimum Gasteiger partial charge on any atom is -0.463 e. The molecule has 0 aromatic heterocycles. The van der Waals surface area contributed by atoms with Crippen molar-refractivity contribution in [2.24, 2.45) is 0 Å². The van der Waals surface area contributed by atoms with Gasteiger partial charge in [-0.25, -0.2) is 4.79 Å². The second-order valence-electron chi connectivity index (χ2n) is 5.22. The molecule has 0 N–H and O–H groups in total. The van der Waals surface area contributed by atoms with E-state index < -0.39 is 0 Å². The maximum absolute atomic E-state index is 11.3. The van der Waals surface area contributed by atoms with Gasteiger partial charge in [-0.15, -0.1) is 0 Å². The normalized spacial score (nSPS) is 11.6. The van der Waals surface area contributed by atoms with Gasteiger partial charge in [-0.3, -0.25) is 0 Å². The summed E-state index contributed by atoms with van der Waals surface area (Å²) in [5.41, 5.74) is 0.751. The van der Waals surface area contributed by atoms with E-state index in [1.165, 1.54) is 57.8 Å². The summed E-state index contributed by atoms with van der Waals surface area (Å²) in [7, 11) is 0. The van der Waals surface area contributed by atoms with Crippen LogP contribution in [-0.2, 0) is 9.53 Å². The first-order chi connectivity index (χ1) is 9.22. The van der Waals surface area contributed by atoms with Crippen LogP contribution in [-0.4, -0.2) is 12.6 Å². The summed E-state index contributed by atoms with van der Waals surface area (Å²) in [6.45, 7) is 6.39. The average Bonchev–Trinajstić information content (AvgIpc) is 2.41. The van der Waals surface area contributed by atoms with E-state index in [4.69, 9.17) is 4.74 Å². The van der Waals surface area contributed by atoms with Gasteiger partial charge in [-0.05, 0) is 26.7 Å². The van der Waals surface area contributed by atoms with Crippen LogP contribution in [0, 0.1) is 0 Å². The van der Waals surface area contributed by atoms with Gasteiger partial charge in [0.1, 0.15) is 0 Å². The molecule has 19 heavy (non-hydrogen) atoms. The van der Waals surface area contributed by atoms with Crippen molar-refractivity contribution in [3.8, 4) is 0 Å². The SMILES string of the molecule is CCCCCCCCCCCC=C(C)C(=O)OCC. The fraction of sp³-hybridized carbons (Fsp3) is 0.824. The Hall–Kier alpha value is -0.790. The Kier molecular flexibility index (Phi) is 13.1. The van der Waals surface area contributed by atoms with Crippen molar-refractivity contribution in [3.63, 3.8) is 0 Å². The van der Waals surface area contributed by atoms with Crippen LogP contribution in [0.3, 0.4) is 0 Å². The van der Waals surface area contributed by atoms with Crippen LogP contribution in [0.25, 0.3) is 0 Å². The predicted molar refractivity (Wildman–Crippen MR) is 82.2 cm³/mol. The minimum atomic E-state index is -0.168. The molecule has 0 aliphatic heterocycles. The first-order valence-electron chi connectivity index (χ1n) is 8.06. The van der Waals surface area contributed by atoms with E-state index in [0.29, 0.717) is 6.61 Å². The zero-order valence-corrected chi connectivity index (χ0v) is 13.2. The Balaban J connectivity index is 3.35. The third kappa shape index (κ3) is 12.0. The molecule has 112 valence electrons. The topological polar surface area (TPSA) is 26.3 Å². The van der Waals surface area contributed by atoms with Crippen molar-refractivity contribution in [2.75, 3.05) is 6.61 Å². The summed E-state index contributed by atoms with van der Waals surface area (Å²) in [4.78, 5) is 11.3. The summed E-state index contributed by atoms with van der Waals surface area (Å²) in [5.74, 6) is -0.168. The van der Waals surface area contributed by atoms with Gasteiger partial charge in [0.15, 0.2) is 0 Å². The van der Waals surface area contributed by atoms with Gasteiger partial charge in [0.2, 0.25) is 0 Å². The Morgan fingerprint density at radius 1 is 0.895 bits per heavy atom. The van der Waals surface area contributed by atoms with E-state index in [9.17, 15) is 4.79 Å². The number of unbranched alkanes of at least 4 members (excludes halogenated alkanes) is 9. The van der Waals surface area contributed by atoms with Gasteiger partial charge < -0.3 is 4.74 Å². The lowest BCUT2D eigenvalue weighted by Gasteiger charge is -2.02. The Bertz CT molecular complexity index is 244. The molecule has 0 aliphatic carbocycles. The highest BCUT2D eigenvalue weighted by Crippen LogP contribution is 2.11. The first-order valence-corrected chi connectivity index (χ1v) is 8.06. The van der Waals surface area contributed by atoms with Crippen molar-refractivity contribution >= 4 is 5.97 Å². The molecule has 0 radical (unpaired) electrons. The molecule has 2 nitrogen and oxygen atoms in total. The maximum Gasteiger partial charge on any atom is 0.333 e. The molecule has 0 aliphatic rings. The molecule has 2 heteroatoms. The molecular formula is C17H32O2. The van der Waals surface area contributed by atoms with Gasteiger partial charge in [-0.2, -0.15) is 0 Å². The number of carbonyl (C=O) groups is 1. The third-order valence-electron chi connectivity index (χ3n) is 3.36. The molecule has 0 rings (SSSR count). The molecule has 0 aromatic rings. The largest absolute Gasteiger partial charge is 0.463 e. The molecule has 0 atom stereocenters. The second kappa shape index (κ2) is 13.6. The summed E-state index contributed by atoms with van der Waals surface area (Å²) in [6.07, 6.45) is 15.1. The zero-order chi connectivity index (χ0) is 14.3. The van der Waals surface area contributed by atoms with Crippen LogP contribution in [0.4, 0.5) is 0 Å². The standard InChI is InChI=1S/C17H32O2/c1-4-6-7-8-9-10-11-12-13-14-15-16(3)17(18)19-5-2/h15H,4-14H2,1-3H3. The maximum atomic E-state index is 11.3. The highest BCUT2D eigenvalue weighted by Gasteiger charge is 2.02. The van der Waals surface area contributed by atoms with Crippen molar-refractivity contribution < 1.29 is 9.53 Å². The lowest BCUT2D eigenvalue weighted by Crippen LogP contribution is -2.04. The van der Waals surface area contributed by atoms with Crippen LogP contribution < -0.4 is 0 Å². The van der Waals surface area contributed by atoms with Crippen LogP contribution in [0.2, 0.25) is 0 Å². The van der Waals surface area contributed by atoms with E-state index in [0.717, 1.165) is 12.0 Å². The number of esters is 1. The van der Waals surface area contributed by atoms with E-state index in [-0.39, 0.29) is 5.97 Å². The predicted octanol–water partition coefficient (Wildman–Crippen LogP) is 5.42. The lowest BCUT2D eigenvalue weighted by atomic mass is 10.1. The van der Waals surface area contributed by atoms with Crippen LogP contribution in [0.15, 0.2) is 11.6 Å². The highest BCUT2D eigenvalue weighted by molar-refractivity contribution is 5.87. The molecule has 0 fully saturated rings. The van der Waals surface area contributed by atoms with Crippen LogP contribution in [0.5, 0.6) is 0 Å². The van der Waals surface area contributed by atoms with Gasteiger partial charge in [-0.1, -0.05) is 64.4 Å². The van der Waals surface area contributed by atoms with Crippen molar-refractivity contribution in [2.45, 2.75) is 85.0 Å². The van der Waals surface area contributed by atoms with Gasteiger partial charge in [0.05, 0.1) is 6.61 Å².